The van der Waals surface area contributed by atoms with Gasteiger partial charge in [-0.3, -0.25) is 9.59 Å². The second kappa shape index (κ2) is 8.27. The number of methoxy groups -OCH3 is 1. The molecule has 1 unspecified atom stereocenters. The second-order valence-electron chi connectivity index (χ2n) is 3.76. The molecule has 0 amide bonds. The van der Waals surface area contributed by atoms with Gasteiger partial charge < -0.3 is 14.2 Å². The molecule has 102 valence electrons. The van der Waals surface area contributed by atoms with Crippen molar-refractivity contribution in [3.63, 3.8) is 0 Å². The van der Waals surface area contributed by atoms with Crippen molar-refractivity contribution in [2.45, 2.75) is 32.8 Å². The zero-order valence-electron chi connectivity index (χ0n) is 10.9. The van der Waals surface area contributed by atoms with E-state index in [0.717, 1.165) is 0 Å². The Morgan fingerprint density at radius 3 is 2.22 bits per heavy atom. The summed E-state index contributed by atoms with van der Waals surface area (Å²) in [4.78, 5) is 33.1. The zero-order valence-corrected chi connectivity index (χ0v) is 10.9. The maximum Gasteiger partial charge on any atom is 0.333 e. The van der Waals surface area contributed by atoms with Crippen molar-refractivity contribution in [3.05, 3.63) is 12.2 Å². The number of ether oxygens (including phenoxy) is 3. The van der Waals surface area contributed by atoms with Gasteiger partial charge in [0.1, 0.15) is 12.7 Å². The van der Waals surface area contributed by atoms with Crippen LogP contribution in [0.15, 0.2) is 12.2 Å². The van der Waals surface area contributed by atoms with E-state index in [0.29, 0.717) is 0 Å². The minimum Gasteiger partial charge on any atom is -0.469 e. The largest absolute Gasteiger partial charge is 0.469 e. The van der Waals surface area contributed by atoms with Gasteiger partial charge in [-0.25, -0.2) is 4.79 Å². The highest BCUT2D eigenvalue weighted by molar-refractivity contribution is 5.86. The van der Waals surface area contributed by atoms with E-state index in [1.807, 2.05) is 0 Å². The Labute approximate surface area is 106 Å². The molecular formula is C12H18O6. The van der Waals surface area contributed by atoms with Crippen LogP contribution >= 0.6 is 0 Å². The molecule has 0 fully saturated rings. The molecule has 0 aromatic carbocycles. The molecule has 0 saturated heterocycles. The molecule has 6 heteroatoms. The first-order chi connectivity index (χ1) is 8.36. The fourth-order valence-corrected chi connectivity index (χ4v) is 0.940. The van der Waals surface area contributed by atoms with Gasteiger partial charge in [-0.05, 0) is 13.8 Å². The molecule has 0 bridgehead atoms. The third-order valence-corrected chi connectivity index (χ3v) is 1.89. The third-order valence-electron chi connectivity index (χ3n) is 1.89. The Kier molecular flexibility index (Phi) is 7.42. The minimum atomic E-state index is -0.571. The summed E-state index contributed by atoms with van der Waals surface area (Å²) < 4.78 is 14.1. The van der Waals surface area contributed by atoms with Crippen molar-refractivity contribution in [1.82, 2.24) is 0 Å². The molecule has 0 aliphatic rings. The normalized spacial score (nSPS) is 11.3. The average molecular weight is 258 g/mol. The number of esters is 3. The van der Waals surface area contributed by atoms with Gasteiger partial charge in [0.15, 0.2) is 0 Å². The summed E-state index contributed by atoms with van der Waals surface area (Å²) >= 11 is 0. The standard InChI is InChI=1S/C12H18O6/c1-8(2)12(15)17-7-9(3)18-11(14)6-5-10(13)16-4/h9H,1,5-7H2,2-4H3. The fourth-order valence-electron chi connectivity index (χ4n) is 0.940. The van der Waals surface area contributed by atoms with Crippen LogP contribution in [0.4, 0.5) is 0 Å². The monoisotopic (exact) mass is 258 g/mol. The summed E-state index contributed by atoms with van der Waals surface area (Å²) in [5.41, 5.74) is 0.277. The molecule has 0 aliphatic heterocycles. The molecule has 0 spiro atoms. The smallest absolute Gasteiger partial charge is 0.333 e. The molecule has 0 N–H and O–H groups in total. The van der Waals surface area contributed by atoms with Gasteiger partial charge >= 0.3 is 17.9 Å². The summed E-state index contributed by atoms with van der Waals surface area (Å²) in [5.74, 6) is -1.56. The van der Waals surface area contributed by atoms with E-state index in [2.05, 4.69) is 11.3 Å². The van der Waals surface area contributed by atoms with Crippen molar-refractivity contribution in [2.24, 2.45) is 0 Å². The Hall–Kier alpha value is -1.85. The van der Waals surface area contributed by atoms with Gasteiger partial charge in [-0.2, -0.15) is 0 Å². The molecule has 18 heavy (non-hydrogen) atoms. The molecule has 0 aromatic heterocycles. The lowest BCUT2D eigenvalue weighted by Crippen LogP contribution is -2.23. The Morgan fingerprint density at radius 1 is 1.17 bits per heavy atom. The highest BCUT2D eigenvalue weighted by Crippen LogP contribution is 2.01. The van der Waals surface area contributed by atoms with Crippen LogP contribution in [0.5, 0.6) is 0 Å². The number of hydrogen-bond donors (Lipinski definition) is 0. The molecule has 0 radical (unpaired) electrons. The van der Waals surface area contributed by atoms with Gasteiger partial charge in [0.05, 0.1) is 20.0 Å². The van der Waals surface area contributed by atoms with E-state index in [4.69, 9.17) is 9.47 Å². The quantitative estimate of drug-likeness (QED) is 0.385. The van der Waals surface area contributed by atoms with Crippen LogP contribution in [0.1, 0.15) is 26.7 Å². The maximum atomic E-state index is 11.3. The molecular weight excluding hydrogens is 240 g/mol. The summed E-state index contributed by atoms with van der Waals surface area (Å²) in [5, 5.41) is 0. The Balaban J connectivity index is 3.83. The van der Waals surface area contributed by atoms with E-state index in [1.54, 1.807) is 6.92 Å². The SMILES string of the molecule is C=C(C)C(=O)OCC(C)OC(=O)CCC(=O)OC. The maximum absolute atomic E-state index is 11.3. The van der Waals surface area contributed by atoms with E-state index in [1.165, 1.54) is 14.0 Å². The third kappa shape index (κ3) is 7.43. The van der Waals surface area contributed by atoms with Gasteiger partial charge in [-0.1, -0.05) is 6.58 Å². The predicted octanol–water partition coefficient (Wildman–Crippen LogP) is 0.991. The van der Waals surface area contributed by atoms with Crippen LogP contribution in [0.25, 0.3) is 0 Å². The molecule has 1 atom stereocenters. The van der Waals surface area contributed by atoms with Crippen LogP contribution < -0.4 is 0 Å². The average Bonchev–Trinajstić information content (AvgIpc) is 2.32. The Bertz CT molecular complexity index is 333. The molecule has 0 heterocycles. The van der Waals surface area contributed by atoms with Crippen LogP contribution in [0.3, 0.4) is 0 Å². The van der Waals surface area contributed by atoms with E-state index >= 15 is 0 Å². The second-order valence-corrected chi connectivity index (χ2v) is 3.76. The molecule has 0 aromatic rings. The summed E-state index contributed by atoms with van der Waals surface area (Å²) in [6.45, 7) is 6.48. The molecule has 0 aliphatic carbocycles. The van der Waals surface area contributed by atoms with Crippen LogP contribution in [-0.2, 0) is 28.6 Å². The number of carbonyl (C=O) groups is 3. The summed E-state index contributed by atoms with van der Waals surface area (Å²) in [7, 11) is 1.24. The highest BCUT2D eigenvalue weighted by atomic mass is 16.6. The van der Waals surface area contributed by atoms with Crippen molar-refractivity contribution >= 4 is 17.9 Å². The first-order valence-corrected chi connectivity index (χ1v) is 5.45. The minimum absolute atomic E-state index is 0.0341. The predicted molar refractivity (Wildman–Crippen MR) is 62.6 cm³/mol. The lowest BCUT2D eigenvalue weighted by atomic mass is 10.3. The van der Waals surface area contributed by atoms with E-state index in [9.17, 15) is 14.4 Å². The zero-order chi connectivity index (χ0) is 14.1. The van der Waals surface area contributed by atoms with Crippen LogP contribution in [-0.4, -0.2) is 37.7 Å². The first kappa shape index (κ1) is 16.1. The lowest BCUT2D eigenvalue weighted by molar-refractivity contribution is -0.157. The summed E-state index contributed by atoms with van der Waals surface area (Å²) in [6.07, 6.45) is -0.669. The molecule has 0 saturated carbocycles. The van der Waals surface area contributed by atoms with Crippen LogP contribution in [0.2, 0.25) is 0 Å². The van der Waals surface area contributed by atoms with E-state index in [-0.39, 0.29) is 25.0 Å². The summed E-state index contributed by atoms with van der Waals surface area (Å²) in [6, 6.07) is 0. The number of hydrogen-bond acceptors (Lipinski definition) is 6. The molecule has 0 rings (SSSR count). The highest BCUT2D eigenvalue weighted by Gasteiger charge is 2.14. The fraction of sp³-hybridized carbons (Fsp3) is 0.583. The van der Waals surface area contributed by atoms with E-state index < -0.39 is 24.0 Å². The molecule has 6 nitrogen and oxygen atoms in total. The van der Waals surface area contributed by atoms with Crippen molar-refractivity contribution in [3.8, 4) is 0 Å². The lowest BCUT2D eigenvalue weighted by Gasteiger charge is -2.13. The van der Waals surface area contributed by atoms with Gasteiger partial charge in [0.25, 0.3) is 0 Å². The van der Waals surface area contributed by atoms with Crippen molar-refractivity contribution in [1.29, 1.82) is 0 Å². The van der Waals surface area contributed by atoms with Crippen molar-refractivity contribution < 1.29 is 28.6 Å². The van der Waals surface area contributed by atoms with Gasteiger partial charge in [-0.15, -0.1) is 0 Å². The van der Waals surface area contributed by atoms with Gasteiger partial charge in [0, 0.05) is 5.57 Å². The number of rotatable bonds is 7. The van der Waals surface area contributed by atoms with Crippen molar-refractivity contribution in [2.75, 3.05) is 13.7 Å². The Morgan fingerprint density at radius 2 is 1.72 bits per heavy atom. The first-order valence-electron chi connectivity index (χ1n) is 5.45. The van der Waals surface area contributed by atoms with Crippen LogP contribution in [0, 0.1) is 0 Å². The topological polar surface area (TPSA) is 78.9 Å². The van der Waals surface area contributed by atoms with Gasteiger partial charge in [0.2, 0.25) is 0 Å². The number of carbonyl (C=O) groups excluding carboxylic acids is 3.